The van der Waals surface area contributed by atoms with Gasteiger partial charge in [-0.1, -0.05) is 0 Å². The van der Waals surface area contributed by atoms with Gasteiger partial charge in [-0.25, -0.2) is 4.98 Å². The van der Waals surface area contributed by atoms with Crippen molar-refractivity contribution in [3.05, 3.63) is 18.2 Å². The molecule has 2 rings (SSSR count). The molecule has 0 radical (unpaired) electrons. The molecule has 0 aliphatic carbocycles. The maximum atomic E-state index is 4.80. The maximum Gasteiger partial charge on any atom is 0.0921 e. The number of nitrogens with zero attached hydrogens (tertiary/aromatic N) is 1. The van der Waals surface area contributed by atoms with Gasteiger partial charge in [-0.3, -0.25) is 0 Å². The summed E-state index contributed by atoms with van der Waals surface area (Å²) in [5.74, 6) is 0. The predicted molar refractivity (Wildman–Crippen MR) is 97.3 cm³/mol. The molecule has 0 saturated carbocycles. The Kier molecular flexibility index (Phi) is 15.3. The minimum Gasteiger partial charge on any atom is -0.348 e. The van der Waals surface area contributed by atoms with E-state index in [2.05, 4.69) is 36.6 Å². The van der Waals surface area contributed by atoms with Crippen LogP contribution in [0.2, 0.25) is 0 Å². The van der Waals surface area contributed by atoms with Crippen molar-refractivity contribution in [3.63, 3.8) is 0 Å². The standard InChI is InChI=1S/C14H29N7.2ClH.Mn/c1-2-16-5-6-18-10-13(9-14-11-19-12-21-14)20-8-7-17-4-3-15-1;;;/h11-13,15-18,20H,1-10H2,(H,19,21);2*1H;/q;;;+2/p-2/t13-;;;/m0.../s1. The molecule has 1 fully saturated rings. The largest absolute Gasteiger partial charge is 0.348 e. The van der Waals surface area contributed by atoms with Crippen LogP contribution in [0.15, 0.2) is 12.5 Å². The molecular weight excluding hydrogens is 392 g/mol. The molecule has 1 saturated heterocycles. The first kappa shape index (κ1) is 22.2. The molecule has 0 spiro atoms. The second kappa shape index (κ2) is 16.6. The van der Waals surface area contributed by atoms with E-state index in [1.165, 1.54) is 5.69 Å². The fraction of sp³-hybridized carbons (Fsp3) is 0.786. The molecule has 1 aromatic rings. The zero-order valence-electron chi connectivity index (χ0n) is 13.9. The van der Waals surface area contributed by atoms with Gasteiger partial charge in [0.15, 0.2) is 0 Å². The zero-order valence-corrected chi connectivity index (χ0v) is 16.6. The average molecular weight is 421 g/mol. The van der Waals surface area contributed by atoms with Gasteiger partial charge in [0.05, 0.1) is 6.33 Å². The van der Waals surface area contributed by atoms with Gasteiger partial charge < -0.3 is 31.6 Å². The quantitative estimate of drug-likeness (QED) is 0.367. The Morgan fingerprint density at radius 2 is 1.46 bits per heavy atom. The molecule has 24 heavy (non-hydrogen) atoms. The fourth-order valence-electron chi connectivity index (χ4n) is 2.42. The number of aromatic amines is 1. The Labute approximate surface area is 159 Å². The van der Waals surface area contributed by atoms with Gasteiger partial charge in [0, 0.05) is 83.3 Å². The molecule has 0 bridgehead atoms. The van der Waals surface area contributed by atoms with Gasteiger partial charge >= 0.3 is 33.3 Å². The third kappa shape index (κ3) is 12.5. The number of H-pyrrole nitrogens is 1. The van der Waals surface area contributed by atoms with Crippen LogP contribution >= 0.6 is 20.2 Å². The van der Waals surface area contributed by atoms with Crippen LogP contribution < -0.4 is 26.6 Å². The van der Waals surface area contributed by atoms with Gasteiger partial charge in [-0.15, -0.1) is 0 Å². The molecule has 2 heterocycles. The Bertz CT molecular complexity index is 354. The number of hydrogen-bond acceptors (Lipinski definition) is 6. The second-order valence-electron chi connectivity index (χ2n) is 5.44. The van der Waals surface area contributed by atoms with E-state index in [0.717, 1.165) is 65.3 Å². The van der Waals surface area contributed by atoms with Crippen molar-refractivity contribution in [3.8, 4) is 0 Å². The number of rotatable bonds is 2. The summed E-state index contributed by atoms with van der Waals surface area (Å²) in [5.41, 5.74) is 1.18. The first-order valence-electron chi connectivity index (χ1n) is 8.27. The summed E-state index contributed by atoms with van der Waals surface area (Å²) < 4.78 is 0. The summed E-state index contributed by atoms with van der Waals surface area (Å²) >= 11 is 0.00694. The van der Waals surface area contributed by atoms with Crippen molar-refractivity contribution >= 4 is 20.2 Å². The summed E-state index contributed by atoms with van der Waals surface area (Å²) in [6, 6.07) is 0.426. The molecule has 1 aliphatic heterocycles. The molecular formula is C14H29Cl2MnN7. The smallest absolute Gasteiger partial charge is 0.0921 e. The molecule has 1 aromatic heterocycles. The van der Waals surface area contributed by atoms with Gasteiger partial charge in [0.1, 0.15) is 0 Å². The number of aromatic nitrogens is 2. The maximum absolute atomic E-state index is 4.80. The van der Waals surface area contributed by atoms with E-state index in [0.29, 0.717) is 6.04 Å². The van der Waals surface area contributed by atoms with Crippen molar-refractivity contribution in [1.29, 1.82) is 0 Å². The van der Waals surface area contributed by atoms with Crippen molar-refractivity contribution in [2.45, 2.75) is 12.5 Å². The van der Waals surface area contributed by atoms with Crippen molar-refractivity contribution in [2.75, 3.05) is 58.9 Å². The first-order chi connectivity index (χ1) is 11.9. The molecule has 0 amide bonds. The second-order valence-corrected chi connectivity index (χ2v) is 7.39. The number of imidazole rings is 1. The molecule has 141 valence electrons. The third-order valence-corrected chi connectivity index (χ3v) is 3.58. The molecule has 1 atom stereocenters. The van der Waals surface area contributed by atoms with Crippen LogP contribution in [0.4, 0.5) is 0 Å². The van der Waals surface area contributed by atoms with E-state index in [4.69, 9.17) is 20.2 Å². The summed E-state index contributed by atoms with van der Waals surface area (Å²) in [4.78, 5) is 7.27. The van der Waals surface area contributed by atoms with E-state index < -0.39 is 0 Å². The van der Waals surface area contributed by atoms with E-state index in [1.54, 1.807) is 6.33 Å². The van der Waals surface area contributed by atoms with E-state index >= 15 is 0 Å². The predicted octanol–water partition coefficient (Wildman–Crippen LogP) is -0.341. The minimum absolute atomic E-state index is 0.00694. The van der Waals surface area contributed by atoms with Crippen LogP contribution in [0.1, 0.15) is 5.69 Å². The summed E-state index contributed by atoms with van der Waals surface area (Å²) in [6.45, 7) is 9.07. The molecule has 1 aliphatic rings. The van der Waals surface area contributed by atoms with Gasteiger partial charge in [0.2, 0.25) is 0 Å². The van der Waals surface area contributed by atoms with Gasteiger partial charge in [-0.05, 0) is 0 Å². The molecule has 0 aromatic carbocycles. The normalized spacial score (nSPS) is 21.8. The van der Waals surface area contributed by atoms with Crippen LogP contribution in [0, 0.1) is 0 Å². The van der Waals surface area contributed by atoms with Gasteiger partial charge in [0.25, 0.3) is 0 Å². The average Bonchev–Trinajstić information content (AvgIpc) is 3.07. The van der Waals surface area contributed by atoms with Crippen LogP contribution in [0.5, 0.6) is 0 Å². The van der Waals surface area contributed by atoms with Crippen molar-refractivity contribution in [2.24, 2.45) is 0 Å². The van der Waals surface area contributed by atoms with Crippen LogP contribution in [0.25, 0.3) is 0 Å². The Hall–Kier alpha value is 0.109. The molecule has 10 heteroatoms. The third-order valence-electron chi connectivity index (χ3n) is 3.58. The van der Waals surface area contributed by atoms with Crippen LogP contribution in [-0.4, -0.2) is 74.9 Å². The van der Waals surface area contributed by atoms with Gasteiger partial charge in [-0.2, -0.15) is 0 Å². The number of hydrogen-bond donors (Lipinski definition) is 6. The summed E-state index contributed by atoms with van der Waals surface area (Å²) in [5, 5.41) is 17.4. The number of nitrogens with one attached hydrogen (secondary N) is 6. The fourth-order valence-corrected chi connectivity index (χ4v) is 2.42. The molecule has 7 nitrogen and oxygen atoms in total. The first-order valence-corrected chi connectivity index (χ1v) is 11.5. The van der Waals surface area contributed by atoms with Crippen LogP contribution in [-0.2, 0) is 19.6 Å². The van der Waals surface area contributed by atoms with Crippen molar-refractivity contribution in [1.82, 2.24) is 36.6 Å². The van der Waals surface area contributed by atoms with E-state index in [1.807, 2.05) is 6.20 Å². The Morgan fingerprint density at radius 3 is 2.00 bits per heavy atom. The summed E-state index contributed by atoms with van der Waals surface area (Å²) in [7, 11) is 9.59. The van der Waals surface area contributed by atoms with Crippen LogP contribution in [0.3, 0.4) is 0 Å². The SMILES string of the molecule is [Cl][Mn][Cl].c1ncc(C[C@H]2CNCCNCCNCCNCCN2)[nH]1. The summed E-state index contributed by atoms with van der Waals surface area (Å²) in [6.07, 6.45) is 4.62. The number of halogens is 2. The molecule has 6 N–H and O–H groups in total. The zero-order chi connectivity index (χ0) is 17.3. The van der Waals surface area contributed by atoms with Crippen molar-refractivity contribution < 1.29 is 13.1 Å². The molecule has 0 unspecified atom stereocenters. The van der Waals surface area contributed by atoms with E-state index in [-0.39, 0.29) is 13.1 Å². The Balaban J connectivity index is 0.000000891. The monoisotopic (exact) mass is 420 g/mol. The minimum atomic E-state index is 0.00694. The topological polar surface area (TPSA) is 88.8 Å². The van der Waals surface area contributed by atoms with E-state index in [9.17, 15) is 0 Å². The Morgan fingerprint density at radius 1 is 0.917 bits per heavy atom.